The number of aromatic hydroxyl groups is 1. The molecule has 0 spiro atoms. The first-order chi connectivity index (χ1) is 20.3. The van der Waals surface area contributed by atoms with Crippen LogP contribution in [-0.2, 0) is 22.6 Å². The number of phenols is 1. The SMILES string of the molecule is Cc1cc(Cl)cc(Cl)c1CNC(=O)[C@@H]1CC(F)(F)CN1C(=O)[C@@H](O)[C@H](Cc1ccccc1)NC(=O)c1cccc(O)c1C. The molecule has 43 heavy (non-hydrogen) atoms. The first-order valence-corrected chi connectivity index (χ1v) is 14.2. The van der Waals surface area contributed by atoms with Gasteiger partial charge in [0, 0.05) is 34.1 Å². The molecule has 0 saturated carbocycles. The Morgan fingerprint density at radius 2 is 1.77 bits per heavy atom. The van der Waals surface area contributed by atoms with Gasteiger partial charge in [0.2, 0.25) is 5.91 Å². The zero-order valence-electron chi connectivity index (χ0n) is 23.4. The average Bonchev–Trinajstić information content (AvgIpc) is 3.28. The lowest BCUT2D eigenvalue weighted by atomic mass is 9.98. The molecule has 12 heteroatoms. The number of aryl methyl sites for hydroxylation is 1. The average molecular weight is 635 g/mol. The molecule has 1 fully saturated rings. The van der Waals surface area contributed by atoms with Gasteiger partial charge in [0.1, 0.15) is 11.8 Å². The van der Waals surface area contributed by atoms with E-state index in [0.717, 1.165) is 0 Å². The Balaban J connectivity index is 1.56. The van der Waals surface area contributed by atoms with Crippen LogP contribution in [0.15, 0.2) is 60.7 Å². The number of nitrogens with one attached hydrogen (secondary N) is 2. The highest BCUT2D eigenvalue weighted by Crippen LogP contribution is 2.33. The molecule has 3 aromatic rings. The topological polar surface area (TPSA) is 119 Å². The molecule has 1 aliphatic heterocycles. The Hall–Kier alpha value is -3.73. The Morgan fingerprint density at radius 1 is 1.07 bits per heavy atom. The van der Waals surface area contributed by atoms with Crippen molar-refractivity contribution in [3.63, 3.8) is 0 Å². The number of nitrogens with zero attached hydrogens (tertiary/aromatic N) is 1. The molecule has 3 amide bonds. The number of carbonyl (C=O) groups excluding carboxylic acids is 3. The number of alkyl halides is 2. The molecule has 1 saturated heterocycles. The van der Waals surface area contributed by atoms with Crippen LogP contribution in [0, 0.1) is 13.8 Å². The van der Waals surface area contributed by atoms with Crippen molar-refractivity contribution in [2.24, 2.45) is 0 Å². The van der Waals surface area contributed by atoms with Gasteiger partial charge >= 0.3 is 0 Å². The summed E-state index contributed by atoms with van der Waals surface area (Å²) < 4.78 is 29.3. The van der Waals surface area contributed by atoms with Crippen molar-refractivity contribution >= 4 is 40.9 Å². The van der Waals surface area contributed by atoms with Gasteiger partial charge in [0.25, 0.3) is 17.7 Å². The van der Waals surface area contributed by atoms with Crippen molar-refractivity contribution in [3.05, 3.63) is 98.5 Å². The Labute approximate surface area is 257 Å². The lowest BCUT2D eigenvalue weighted by molar-refractivity contribution is -0.147. The molecule has 3 aromatic carbocycles. The molecule has 3 atom stereocenters. The number of benzene rings is 3. The van der Waals surface area contributed by atoms with Crippen LogP contribution in [0.1, 0.15) is 39.0 Å². The third kappa shape index (κ3) is 7.62. The minimum atomic E-state index is -3.39. The van der Waals surface area contributed by atoms with E-state index in [2.05, 4.69) is 10.6 Å². The fourth-order valence-corrected chi connectivity index (χ4v) is 5.76. The molecule has 4 N–H and O–H groups in total. The minimum absolute atomic E-state index is 0.0210. The van der Waals surface area contributed by atoms with Crippen LogP contribution in [-0.4, -0.2) is 63.5 Å². The van der Waals surface area contributed by atoms with E-state index < -0.39 is 54.8 Å². The van der Waals surface area contributed by atoms with Gasteiger partial charge in [0.15, 0.2) is 6.10 Å². The summed E-state index contributed by atoms with van der Waals surface area (Å²) >= 11 is 12.2. The predicted molar refractivity (Wildman–Crippen MR) is 158 cm³/mol. The molecule has 0 aromatic heterocycles. The number of rotatable bonds is 9. The first kappa shape index (κ1) is 32.2. The summed E-state index contributed by atoms with van der Waals surface area (Å²) in [5.74, 6) is -6.17. The molecular weight excluding hydrogens is 603 g/mol. The summed E-state index contributed by atoms with van der Waals surface area (Å²) in [7, 11) is 0. The molecule has 0 unspecified atom stereocenters. The summed E-state index contributed by atoms with van der Waals surface area (Å²) in [6, 6.07) is 13.3. The first-order valence-electron chi connectivity index (χ1n) is 13.5. The fraction of sp³-hybridized carbons (Fsp3) is 0.323. The Bertz CT molecular complexity index is 1500. The maximum Gasteiger partial charge on any atom is 0.267 e. The number of hydrogen-bond acceptors (Lipinski definition) is 5. The van der Waals surface area contributed by atoms with E-state index in [1.165, 1.54) is 31.2 Å². The summed E-state index contributed by atoms with van der Waals surface area (Å²) in [6.07, 6.45) is -2.94. The number of aliphatic hydroxyl groups is 1. The van der Waals surface area contributed by atoms with Gasteiger partial charge in [-0.25, -0.2) is 8.78 Å². The van der Waals surface area contributed by atoms with Crippen molar-refractivity contribution in [2.45, 2.75) is 57.3 Å². The minimum Gasteiger partial charge on any atom is -0.508 e. The van der Waals surface area contributed by atoms with E-state index in [0.29, 0.717) is 26.6 Å². The molecule has 8 nitrogen and oxygen atoms in total. The van der Waals surface area contributed by atoms with Gasteiger partial charge in [0.05, 0.1) is 12.6 Å². The zero-order chi connectivity index (χ0) is 31.5. The lowest BCUT2D eigenvalue weighted by Crippen LogP contribution is -2.56. The highest BCUT2D eigenvalue weighted by atomic mass is 35.5. The maximum absolute atomic E-state index is 14.6. The molecule has 228 valence electrons. The van der Waals surface area contributed by atoms with Gasteiger partial charge in [-0.05, 0) is 61.2 Å². The number of phenolic OH excluding ortho intramolecular Hbond substituents is 1. The van der Waals surface area contributed by atoms with Crippen LogP contribution < -0.4 is 10.6 Å². The van der Waals surface area contributed by atoms with E-state index in [1.54, 1.807) is 43.3 Å². The summed E-state index contributed by atoms with van der Waals surface area (Å²) in [5.41, 5.74) is 2.27. The summed E-state index contributed by atoms with van der Waals surface area (Å²) in [6.45, 7) is 2.09. The highest BCUT2D eigenvalue weighted by molar-refractivity contribution is 6.35. The van der Waals surface area contributed by atoms with Gasteiger partial charge in [-0.1, -0.05) is 59.6 Å². The van der Waals surface area contributed by atoms with Crippen molar-refractivity contribution in [1.29, 1.82) is 0 Å². The fourth-order valence-electron chi connectivity index (χ4n) is 5.10. The second-order valence-electron chi connectivity index (χ2n) is 10.6. The second-order valence-corrected chi connectivity index (χ2v) is 11.5. The number of aliphatic hydroxyl groups excluding tert-OH is 1. The molecular formula is C31H31Cl2F2N3O5. The van der Waals surface area contributed by atoms with E-state index in [1.807, 2.05) is 0 Å². The highest BCUT2D eigenvalue weighted by Gasteiger charge is 2.51. The van der Waals surface area contributed by atoms with Crippen molar-refractivity contribution in [3.8, 4) is 5.75 Å². The van der Waals surface area contributed by atoms with Crippen LogP contribution in [0.25, 0.3) is 0 Å². The van der Waals surface area contributed by atoms with E-state index in [-0.39, 0.29) is 34.9 Å². The predicted octanol–water partition coefficient (Wildman–Crippen LogP) is 4.57. The van der Waals surface area contributed by atoms with Crippen LogP contribution >= 0.6 is 23.2 Å². The standard InChI is InChI=1S/C31H31Cl2F2N3O5/c1-17-11-20(32)13-23(33)22(17)15-36-29(42)25-14-31(34,35)16-38(25)30(43)27(40)24(12-19-7-4-3-5-8-19)37-28(41)21-9-6-10-26(39)18(21)2/h3-11,13,24-25,27,39-40H,12,14-16H2,1-2H3,(H,36,42)(H,37,41)/t24-,25-,27-/m0/s1. The van der Waals surface area contributed by atoms with Gasteiger partial charge < -0.3 is 25.7 Å². The number of halogens is 4. The monoisotopic (exact) mass is 633 g/mol. The van der Waals surface area contributed by atoms with Gasteiger partial charge in [-0.3, -0.25) is 14.4 Å². The van der Waals surface area contributed by atoms with Crippen LogP contribution in [0.5, 0.6) is 5.75 Å². The Morgan fingerprint density at radius 3 is 2.44 bits per heavy atom. The number of carbonyl (C=O) groups is 3. The second kappa shape index (κ2) is 13.3. The van der Waals surface area contributed by atoms with Gasteiger partial charge in [-0.15, -0.1) is 0 Å². The summed E-state index contributed by atoms with van der Waals surface area (Å²) in [5, 5.41) is 27.1. The normalized spacial score (nSPS) is 17.3. The number of hydrogen-bond donors (Lipinski definition) is 4. The molecule has 0 aliphatic carbocycles. The van der Waals surface area contributed by atoms with Crippen LogP contribution in [0.3, 0.4) is 0 Å². The molecule has 4 rings (SSSR count). The number of amides is 3. The smallest absolute Gasteiger partial charge is 0.267 e. The number of likely N-dealkylation sites (tertiary alicyclic amines) is 1. The molecule has 0 radical (unpaired) electrons. The van der Waals surface area contributed by atoms with Crippen LogP contribution in [0.4, 0.5) is 8.78 Å². The zero-order valence-corrected chi connectivity index (χ0v) is 24.9. The van der Waals surface area contributed by atoms with Gasteiger partial charge in [-0.2, -0.15) is 0 Å². The van der Waals surface area contributed by atoms with E-state index >= 15 is 0 Å². The Kier molecular flexibility index (Phi) is 9.94. The van der Waals surface area contributed by atoms with Crippen molar-refractivity contribution in [2.75, 3.05) is 6.54 Å². The molecule has 1 aliphatic rings. The maximum atomic E-state index is 14.6. The third-order valence-electron chi connectivity index (χ3n) is 7.48. The quantitative estimate of drug-likeness (QED) is 0.275. The molecule has 1 heterocycles. The van der Waals surface area contributed by atoms with Crippen molar-refractivity contribution in [1.82, 2.24) is 15.5 Å². The third-order valence-corrected chi connectivity index (χ3v) is 8.03. The van der Waals surface area contributed by atoms with E-state index in [4.69, 9.17) is 23.2 Å². The molecule has 0 bridgehead atoms. The van der Waals surface area contributed by atoms with Crippen molar-refractivity contribution < 1.29 is 33.4 Å². The van der Waals surface area contributed by atoms with Crippen LogP contribution in [0.2, 0.25) is 10.0 Å². The van der Waals surface area contributed by atoms with E-state index in [9.17, 15) is 33.4 Å². The largest absolute Gasteiger partial charge is 0.508 e. The summed E-state index contributed by atoms with van der Waals surface area (Å²) in [4.78, 5) is 40.5. The lowest BCUT2D eigenvalue weighted by Gasteiger charge is -2.30.